The lowest BCUT2D eigenvalue weighted by atomic mass is 9.78. The number of guanidine groups is 1. The maximum absolute atomic E-state index is 13.7. The van der Waals surface area contributed by atoms with Gasteiger partial charge in [0, 0.05) is 58.0 Å². The van der Waals surface area contributed by atoms with Crippen LogP contribution in [0.5, 0.6) is 0 Å². The number of nitrogens with zero attached hydrogens (tertiary/aromatic N) is 3. The molecule has 0 spiro atoms. The van der Waals surface area contributed by atoms with Gasteiger partial charge in [-0.05, 0) is 25.2 Å². The summed E-state index contributed by atoms with van der Waals surface area (Å²) in [6, 6.07) is 0. The number of rotatable bonds is 7. The van der Waals surface area contributed by atoms with Gasteiger partial charge in [0.25, 0.3) is 0 Å². The van der Waals surface area contributed by atoms with Gasteiger partial charge in [-0.15, -0.1) is 0 Å². The zero-order valence-electron chi connectivity index (χ0n) is 19.1. The Labute approximate surface area is 182 Å². The Morgan fingerprint density at radius 1 is 1.32 bits per heavy atom. The quantitative estimate of drug-likeness (QED) is 0.442. The molecule has 178 valence electrons. The van der Waals surface area contributed by atoms with Crippen LogP contribution < -0.4 is 10.6 Å². The van der Waals surface area contributed by atoms with E-state index in [0.717, 1.165) is 19.4 Å². The van der Waals surface area contributed by atoms with E-state index in [1.807, 2.05) is 6.92 Å². The molecule has 3 atom stereocenters. The summed E-state index contributed by atoms with van der Waals surface area (Å²) >= 11 is 0. The summed E-state index contributed by atoms with van der Waals surface area (Å²) in [6.45, 7) is 10.00. The Hall–Kier alpha value is -1.81. The van der Waals surface area contributed by atoms with E-state index in [2.05, 4.69) is 41.4 Å². The van der Waals surface area contributed by atoms with E-state index < -0.39 is 24.0 Å². The number of hydrogen-bond acceptors (Lipinski definition) is 4. The van der Waals surface area contributed by atoms with Crippen LogP contribution in [0.25, 0.3) is 0 Å². The topological polar surface area (TPSA) is 83.7 Å². The van der Waals surface area contributed by atoms with Gasteiger partial charge in [0.2, 0.25) is 5.60 Å². The molecule has 0 aliphatic carbocycles. The van der Waals surface area contributed by atoms with Crippen LogP contribution >= 0.6 is 0 Å². The molecule has 1 aromatic rings. The number of nitrogens with one attached hydrogen (secondary N) is 2. The molecule has 3 N–H and O–H groups in total. The van der Waals surface area contributed by atoms with E-state index in [0.29, 0.717) is 19.0 Å². The van der Waals surface area contributed by atoms with Crippen LogP contribution in [0.4, 0.5) is 13.2 Å². The molecular weight excluding hydrogens is 411 g/mol. The lowest BCUT2D eigenvalue weighted by molar-refractivity contribution is -0.272. The predicted molar refractivity (Wildman–Crippen MR) is 114 cm³/mol. The second-order valence-electron chi connectivity index (χ2n) is 9.18. The van der Waals surface area contributed by atoms with Crippen molar-refractivity contribution in [3.63, 3.8) is 0 Å². The summed E-state index contributed by atoms with van der Waals surface area (Å²) in [5.74, 6) is 0.227. The molecule has 1 aliphatic heterocycles. The molecule has 0 saturated carbocycles. The van der Waals surface area contributed by atoms with E-state index in [-0.39, 0.29) is 24.0 Å². The highest BCUT2D eigenvalue weighted by atomic mass is 19.4. The van der Waals surface area contributed by atoms with Crippen molar-refractivity contribution in [2.24, 2.45) is 23.4 Å². The molecule has 0 bridgehead atoms. The Morgan fingerprint density at radius 3 is 2.58 bits per heavy atom. The third-order valence-electron chi connectivity index (χ3n) is 5.57. The Kier molecular flexibility index (Phi) is 8.38. The average Bonchev–Trinajstić information content (AvgIpc) is 3.11. The first-order chi connectivity index (χ1) is 14.4. The molecule has 3 unspecified atom stereocenters. The summed E-state index contributed by atoms with van der Waals surface area (Å²) < 4.78 is 48.2. The highest BCUT2D eigenvalue weighted by Gasteiger charge is 2.57. The van der Waals surface area contributed by atoms with Crippen LogP contribution in [-0.4, -0.2) is 59.1 Å². The number of aliphatic imine (C=N–C) groups is 1. The van der Waals surface area contributed by atoms with Crippen molar-refractivity contribution >= 4 is 5.96 Å². The third kappa shape index (κ3) is 6.35. The summed E-state index contributed by atoms with van der Waals surface area (Å²) in [6.07, 6.45) is -0.791. The van der Waals surface area contributed by atoms with Gasteiger partial charge in [0.15, 0.2) is 5.96 Å². The van der Waals surface area contributed by atoms with Crippen molar-refractivity contribution in [1.29, 1.82) is 0 Å². The lowest BCUT2D eigenvalue weighted by Gasteiger charge is -2.39. The maximum atomic E-state index is 13.7. The van der Waals surface area contributed by atoms with Gasteiger partial charge in [-0.3, -0.25) is 4.99 Å². The number of aryl methyl sites for hydroxylation is 1. The summed E-state index contributed by atoms with van der Waals surface area (Å²) in [4.78, 5) is 8.32. The standard InChI is InChI=1S/C21H36F3N5O2/c1-6-25-18(28-14-15-8-7-13-31-16(15)19(2,3)4)27-10-9-20(30,21(22,23)24)17-26-11-12-29(17)5/h11-12,15-16,30H,6-10,13-14H2,1-5H3,(H2,25,27,28). The van der Waals surface area contributed by atoms with Crippen molar-refractivity contribution in [2.75, 3.05) is 26.2 Å². The Balaban J connectivity index is 2.06. The van der Waals surface area contributed by atoms with Crippen molar-refractivity contribution in [3.05, 3.63) is 18.2 Å². The van der Waals surface area contributed by atoms with Gasteiger partial charge in [-0.1, -0.05) is 20.8 Å². The molecule has 1 aromatic heterocycles. The highest BCUT2D eigenvalue weighted by molar-refractivity contribution is 5.79. The number of aromatic nitrogens is 2. The molecular formula is C21H36F3N5O2. The number of halogens is 3. The molecule has 1 saturated heterocycles. The van der Waals surface area contributed by atoms with Crippen molar-refractivity contribution in [2.45, 2.75) is 64.8 Å². The van der Waals surface area contributed by atoms with Gasteiger partial charge in [-0.2, -0.15) is 13.2 Å². The normalized spacial score (nSPS) is 22.8. The van der Waals surface area contributed by atoms with Gasteiger partial charge < -0.3 is 25.0 Å². The first-order valence-corrected chi connectivity index (χ1v) is 10.8. The Bertz CT molecular complexity index is 729. The zero-order chi connectivity index (χ0) is 23.3. The fourth-order valence-corrected chi connectivity index (χ4v) is 4.04. The SMILES string of the molecule is CCNC(=NCC1CCCOC1C(C)(C)C)NCCC(O)(c1nccn1C)C(F)(F)F. The van der Waals surface area contributed by atoms with Gasteiger partial charge >= 0.3 is 6.18 Å². The minimum absolute atomic E-state index is 0.0162. The van der Waals surface area contributed by atoms with Crippen molar-refractivity contribution in [3.8, 4) is 0 Å². The highest BCUT2D eigenvalue weighted by Crippen LogP contribution is 2.40. The summed E-state index contributed by atoms with van der Waals surface area (Å²) in [5, 5.41) is 16.4. The number of hydrogen-bond donors (Lipinski definition) is 3. The minimum Gasteiger partial charge on any atom is -0.377 e. The molecule has 0 aromatic carbocycles. The molecule has 1 aliphatic rings. The number of ether oxygens (including phenoxy) is 1. The van der Waals surface area contributed by atoms with Gasteiger partial charge in [-0.25, -0.2) is 4.98 Å². The maximum Gasteiger partial charge on any atom is 0.424 e. The fraction of sp³-hybridized carbons (Fsp3) is 0.810. The first kappa shape index (κ1) is 25.5. The number of imidazole rings is 1. The zero-order valence-corrected chi connectivity index (χ0v) is 19.1. The number of aliphatic hydroxyl groups is 1. The smallest absolute Gasteiger partial charge is 0.377 e. The largest absolute Gasteiger partial charge is 0.424 e. The van der Waals surface area contributed by atoms with Crippen LogP contribution in [0.15, 0.2) is 17.4 Å². The molecule has 2 heterocycles. The predicted octanol–water partition coefficient (Wildman–Crippen LogP) is 2.96. The average molecular weight is 448 g/mol. The van der Waals surface area contributed by atoms with Gasteiger partial charge in [0.1, 0.15) is 5.82 Å². The lowest BCUT2D eigenvalue weighted by Crippen LogP contribution is -2.48. The van der Waals surface area contributed by atoms with Crippen molar-refractivity contribution < 1.29 is 23.0 Å². The fourth-order valence-electron chi connectivity index (χ4n) is 4.04. The van der Waals surface area contributed by atoms with Crippen molar-refractivity contribution in [1.82, 2.24) is 20.2 Å². The molecule has 0 amide bonds. The molecule has 10 heteroatoms. The van der Waals surface area contributed by atoms with Gasteiger partial charge in [0.05, 0.1) is 6.10 Å². The summed E-state index contributed by atoms with van der Waals surface area (Å²) in [7, 11) is 1.43. The molecule has 7 nitrogen and oxygen atoms in total. The second-order valence-corrected chi connectivity index (χ2v) is 9.18. The monoisotopic (exact) mass is 447 g/mol. The summed E-state index contributed by atoms with van der Waals surface area (Å²) in [5.41, 5.74) is -3.07. The van der Waals surface area contributed by atoms with Crippen LogP contribution in [-0.2, 0) is 17.4 Å². The van der Waals surface area contributed by atoms with E-state index in [4.69, 9.17) is 4.74 Å². The van der Waals surface area contributed by atoms with Crippen LogP contribution in [0.1, 0.15) is 52.8 Å². The molecule has 2 rings (SSSR count). The molecule has 1 fully saturated rings. The third-order valence-corrected chi connectivity index (χ3v) is 5.57. The van der Waals surface area contributed by atoms with Crippen LogP contribution in [0.2, 0.25) is 0 Å². The van der Waals surface area contributed by atoms with E-state index in [1.54, 1.807) is 0 Å². The van der Waals surface area contributed by atoms with Crippen LogP contribution in [0, 0.1) is 11.3 Å². The first-order valence-electron chi connectivity index (χ1n) is 10.8. The van der Waals surface area contributed by atoms with Crippen LogP contribution in [0.3, 0.4) is 0 Å². The van der Waals surface area contributed by atoms with E-state index in [1.165, 1.54) is 24.0 Å². The Morgan fingerprint density at radius 2 is 2.03 bits per heavy atom. The number of alkyl halides is 3. The molecule has 0 radical (unpaired) electrons. The molecule has 31 heavy (non-hydrogen) atoms. The minimum atomic E-state index is -4.86. The van der Waals surface area contributed by atoms with E-state index >= 15 is 0 Å². The second kappa shape index (κ2) is 10.2. The van der Waals surface area contributed by atoms with E-state index in [9.17, 15) is 18.3 Å².